The van der Waals surface area contributed by atoms with Crippen molar-refractivity contribution < 1.29 is 0 Å². The maximum absolute atomic E-state index is 4.45. The van der Waals surface area contributed by atoms with Gasteiger partial charge in [0.25, 0.3) is 0 Å². The molecule has 84 valence electrons. The summed E-state index contributed by atoms with van der Waals surface area (Å²) in [6.07, 6.45) is 5.02. The highest BCUT2D eigenvalue weighted by Gasteiger charge is 2.00. The first kappa shape index (κ1) is 15.1. The molecule has 0 fully saturated rings. The maximum atomic E-state index is 4.45. The average molecular weight is 269 g/mol. The first-order valence-corrected chi connectivity index (χ1v) is 7.96. The topological polar surface area (TPSA) is 0 Å². The highest BCUT2D eigenvalue weighted by atomic mass is 32.2. The van der Waals surface area contributed by atoms with Gasteiger partial charge in [0.1, 0.15) is 0 Å². The van der Waals surface area contributed by atoms with E-state index >= 15 is 0 Å². The van der Waals surface area contributed by atoms with Crippen LogP contribution in [0.1, 0.15) is 39.5 Å². The van der Waals surface area contributed by atoms with Gasteiger partial charge in [0.2, 0.25) is 0 Å². The van der Waals surface area contributed by atoms with Gasteiger partial charge in [-0.05, 0) is 24.3 Å². The van der Waals surface area contributed by atoms with Gasteiger partial charge in [-0.15, -0.1) is 48.8 Å². The third kappa shape index (κ3) is 8.45. The van der Waals surface area contributed by atoms with Gasteiger partial charge in [-0.25, -0.2) is 0 Å². The number of hydrogen-bond donors (Lipinski definition) is 2. The summed E-state index contributed by atoms with van der Waals surface area (Å²) in [5, 5.41) is 0. The number of thioether (sulfide) groups is 2. The van der Waals surface area contributed by atoms with Crippen molar-refractivity contribution in [1.82, 2.24) is 0 Å². The molecule has 0 unspecified atom stereocenters. The van der Waals surface area contributed by atoms with Gasteiger partial charge in [-0.1, -0.05) is 26.7 Å². The third-order valence-electron chi connectivity index (χ3n) is 1.66. The molecule has 0 spiro atoms. The molecule has 0 aromatic carbocycles. The molecule has 0 saturated carbocycles. The summed E-state index contributed by atoms with van der Waals surface area (Å²) in [7, 11) is 0. The fourth-order valence-corrected chi connectivity index (χ4v) is 3.54. The molecule has 0 heterocycles. The Morgan fingerprint density at radius 2 is 1.21 bits per heavy atom. The van der Waals surface area contributed by atoms with Gasteiger partial charge >= 0.3 is 0 Å². The average Bonchev–Trinajstić information content (AvgIpc) is 2.18. The van der Waals surface area contributed by atoms with E-state index in [1.54, 1.807) is 0 Å². The maximum Gasteiger partial charge on any atom is 0.0569 e. The van der Waals surface area contributed by atoms with Gasteiger partial charge in [0, 0.05) is 0 Å². The van der Waals surface area contributed by atoms with Crippen molar-refractivity contribution in [2.24, 2.45) is 0 Å². The lowest BCUT2D eigenvalue weighted by Gasteiger charge is -2.04. The highest BCUT2D eigenvalue weighted by Crippen LogP contribution is 2.33. The molecule has 0 aromatic rings. The van der Waals surface area contributed by atoms with Crippen LogP contribution in [0.2, 0.25) is 0 Å². The Morgan fingerprint density at radius 3 is 1.50 bits per heavy atom. The predicted molar refractivity (Wildman–Crippen MR) is 79.7 cm³/mol. The molecule has 0 saturated heterocycles. The number of hydrogen-bond acceptors (Lipinski definition) is 4. The molecule has 0 nitrogen and oxygen atoms in total. The van der Waals surface area contributed by atoms with Crippen LogP contribution in [0.25, 0.3) is 0 Å². The van der Waals surface area contributed by atoms with Crippen LogP contribution in [0, 0.1) is 0 Å². The van der Waals surface area contributed by atoms with E-state index in [0.29, 0.717) is 0 Å². The summed E-state index contributed by atoms with van der Waals surface area (Å²) in [4.78, 5) is 0. The fourth-order valence-electron chi connectivity index (χ4n) is 0.750. The molecule has 0 aliphatic heterocycles. The molecular formula is C10H20S4. The van der Waals surface area contributed by atoms with E-state index in [4.69, 9.17) is 0 Å². The van der Waals surface area contributed by atoms with Crippen molar-refractivity contribution in [3.63, 3.8) is 0 Å². The predicted octanol–water partition coefficient (Wildman–Crippen LogP) is 5.04. The molecule has 0 atom stereocenters. The van der Waals surface area contributed by atoms with Crippen LogP contribution in [0.5, 0.6) is 0 Å². The van der Waals surface area contributed by atoms with Gasteiger partial charge in [0.05, 0.1) is 8.47 Å². The van der Waals surface area contributed by atoms with Gasteiger partial charge in [-0.2, -0.15) is 0 Å². The van der Waals surface area contributed by atoms with Crippen LogP contribution >= 0.6 is 48.8 Å². The van der Waals surface area contributed by atoms with E-state index < -0.39 is 0 Å². The Bertz CT molecular complexity index is 148. The zero-order valence-electron chi connectivity index (χ0n) is 8.95. The molecule has 0 N–H and O–H groups in total. The first-order valence-electron chi connectivity index (χ1n) is 5.10. The SMILES string of the molecule is CCCCSC(S)=C(S)SCCCC. The van der Waals surface area contributed by atoms with Crippen LogP contribution in [-0.2, 0) is 0 Å². The normalized spacial score (nSPS) is 12.9. The number of thiol groups is 2. The summed E-state index contributed by atoms with van der Waals surface area (Å²) in [5.41, 5.74) is 0. The number of unbranched alkanes of at least 4 members (excludes halogenated alkanes) is 2. The lowest BCUT2D eigenvalue weighted by Crippen LogP contribution is -1.80. The van der Waals surface area contributed by atoms with Crippen LogP contribution in [0.15, 0.2) is 8.47 Å². The zero-order valence-corrected chi connectivity index (χ0v) is 12.4. The van der Waals surface area contributed by atoms with Crippen LogP contribution in [-0.4, -0.2) is 11.5 Å². The van der Waals surface area contributed by atoms with E-state index in [9.17, 15) is 0 Å². The molecule has 0 aliphatic rings. The Kier molecular flexibility index (Phi) is 11.5. The minimum Gasteiger partial charge on any atom is -0.135 e. The second-order valence-electron chi connectivity index (χ2n) is 3.01. The van der Waals surface area contributed by atoms with Crippen LogP contribution in [0.4, 0.5) is 0 Å². The molecule has 0 bridgehead atoms. The molecular weight excluding hydrogens is 248 g/mol. The largest absolute Gasteiger partial charge is 0.135 e. The second-order valence-corrected chi connectivity index (χ2v) is 6.72. The summed E-state index contributed by atoms with van der Waals surface area (Å²) in [6, 6.07) is 0. The molecule has 14 heavy (non-hydrogen) atoms. The first-order chi connectivity index (χ1) is 6.72. The summed E-state index contributed by atoms with van der Waals surface area (Å²) in [5.74, 6) is 2.32. The molecule has 0 aliphatic carbocycles. The molecule has 0 amide bonds. The quantitative estimate of drug-likeness (QED) is 0.467. The lowest BCUT2D eigenvalue weighted by atomic mass is 10.4. The highest BCUT2D eigenvalue weighted by molar-refractivity contribution is 8.21. The molecule has 0 aromatic heterocycles. The summed E-state index contributed by atoms with van der Waals surface area (Å²) < 4.78 is 2.17. The minimum atomic E-state index is 1.09. The van der Waals surface area contributed by atoms with Crippen molar-refractivity contribution in [2.45, 2.75) is 39.5 Å². The number of rotatable bonds is 8. The van der Waals surface area contributed by atoms with Crippen molar-refractivity contribution >= 4 is 48.8 Å². The van der Waals surface area contributed by atoms with Gasteiger partial charge < -0.3 is 0 Å². The van der Waals surface area contributed by atoms with E-state index in [1.165, 1.54) is 25.7 Å². The van der Waals surface area contributed by atoms with Crippen molar-refractivity contribution in [3.05, 3.63) is 8.47 Å². The monoisotopic (exact) mass is 268 g/mol. The van der Waals surface area contributed by atoms with Crippen molar-refractivity contribution in [3.8, 4) is 0 Å². The summed E-state index contributed by atoms with van der Waals surface area (Å²) >= 11 is 12.5. The van der Waals surface area contributed by atoms with E-state index in [-0.39, 0.29) is 0 Å². The van der Waals surface area contributed by atoms with Crippen LogP contribution < -0.4 is 0 Å². The Labute approximate surface area is 108 Å². The van der Waals surface area contributed by atoms with E-state index in [1.807, 2.05) is 23.5 Å². The molecule has 4 heteroatoms. The second kappa shape index (κ2) is 10.7. The van der Waals surface area contributed by atoms with Gasteiger partial charge in [0.15, 0.2) is 0 Å². The third-order valence-corrected chi connectivity index (χ3v) is 5.43. The standard InChI is InChI=1S/C10H20S4/c1-3-5-7-13-9(11)10(12)14-8-6-4-2/h11-12H,3-8H2,1-2H3. The van der Waals surface area contributed by atoms with Gasteiger partial charge in [-0.3, -0.25) is 0 Å². The smallest absolute Gasteiger partial charge is 0.0569 e. The lowest BCUT2D eigenvalue weighted by molar-refractivity contribution is 0.897. The zero-order chi connectivity index (χ0) is 10.8. The van der Waals surface area contributed by atoms with E-state index in [0.717, 1.165) is 20.0 Å². The minimum absolute atomic E-state index is 1.09. The Morgan fingerprint density at radius 1 is 0.857 bits per heavy atom. The van der Waals surface area contributed by atoms with Crippen molar-refractivity contribution in [1.29, 1.82) is 0 Å². The summed E-state index contributed by atoms with van der Waals surface area (Å²) in [6.45, 7) is 4.42. The van der Waals surface area contributed by atoms with E-state index in [2.05, 4.69) is 39.1 Å². The molecule has 0 radical (unpaired) electrons. The van der Waals surface area contributed by atoms with Crippen molar-refractivity contribution in [2.75, 3.05) is 11.5 Å². The van der Waals surface area contributed by atoms with Crippen LogP contribution in [0.3, 0.4) is 0 Å². The fraction of sp³-hybridized carbons (Fsp3) is 0.800. The Balaban J connectivity index is 3.66. The Hall–Kier alpha value is 1.14. The molecule has 0 rings (SSSR count).